The lowest BCUT2D eigenvalue weighted by Crippen LogP contribution is -2.28. The molecule has 1 atom stereocenters. The first-order chi connectivity index (χ1) is 13.5. The maximum Gasteiger partial charge on any atom is 0.267 e. The van der Waals surface area contributed by atoms with Crippen LogP contribution in [0.25, 0.3) is 10.9 Å². The lowest BCUT2D eigenvalue weighted by atomic mass is 9.97. The van der Waals surface area contributed by atoms with E-state index in [0.29, 0.717) is 18.7 Å². The summed E-state index contributed by atoms with van der Waals surface area (Å²) >= 11 is 0. The molecule has 0 radical (unpaired) electrons. The van der Waals surface area contributed by atoms with Gasteiger partial charge in [-0.3, -0.25) is 9.59 Å². The highest BCUT2D eigenvalue weighted by Gasteiger charge is 2.30. The molecule has 3 aromatic rings. The zero-order valence-corrected chi connectivity index (χ0v) is 16.2. The topological polar surface area (TPSA) is 72.4 Å². The summed E-state index contributed by atoms with van der Waals surface area (Å²) in [6, 6.07) is 13.6. The predicted molar refractivity (Wildman–Crippen MR) is 109 cm³/mol. The van der Waals surface area contributed by atoms with Gasteiger partial charge in [0.25, 0.3) is 5.91 Å². The smallest absolute Gasteiger partial charge is 0.267 e. The molecule has 28 heavy (non-hydrogen) atoms. The van der Waals surface area contributed by atoms with Crippen LogP contribution in [0.15, 0.2) is 42.5 Å². The SMILES string of the molecule is COc1ccc2c(c1)C(CCNC(=O)c1cc3cc(C)ccc3n1C)C(=O)N2. The van der Waals surface area contributed by atoms with Crippen molar-refractivity contribution in [3.05, 3.63) is 59.3 Å². The number of amides is 2. The highest BCUT2D eigenvalue weighted by atomic mass is 16.5. The second-order valence-electron chi connectivity index (χ2n) is 7.19. The summed E-state index contributed by atoms with van der Waals surface area (Å²) in [5.74, 6) is 0.244. The molecule has 0 fully saturated rings. The first kappa shape index (κ1) is 18.1. The molecule has 6 heteroatoms. The van der Waals surface area contributed by atoms with Gasteiger partial charge in [0.1, 0.15) is 11.4 Å². The molecule has 1 unspecified atom stereocenters. The lowest BCUT2D eigenvalue weighted by molar-refractivity contribution is -0.117. The molecule has 1 aliphatic rings. The zero-order valence-electron chi connectivity index (χ0n) is 16.2. The predicted octanol–water partition coefficient (Wildman–Crippen LogP) is 3.35. The lowest BCUT2D eigenvalue weighted by Gasteiger charge is -2.11. The zero-order chi connectivity index (χ0) is 19.8. The van der Waals surface area contributed by atoms with Crippen LogP contribution in [0.2, 0.25) is 0 Å². The summed E-state index contributed by atoms with van der Waals surface area (Å²) in [4.78, 5) is 25.0. The first-order valence-electron chi connectivity index (χ1n) is 9.31. The maximum atomic E-state index is 12.7. The van der Waals surface area contributed by atoms with Crippen molar-refractivity contribution in [2.75, 3.05) is 19.0 Å². The van der Waals surface area contributed by atoms with E-state index in [1.807, 2.05) is 54.9 Å². The molecular weight excluding hydrogens is 354 g/mol. The van der Waals surface area contributed by atoms with Gasteiger partial charge in [0.2, 0.25) is 5.91 Å². The summed E-state index contributed by atoms with van der Waals surface area (Å²) < 4.78 is 7.16. The Hall–Kier alpha value is -3.28. The number of benzene rings is 2. The number of aromatic nitrogens is 1. The molecule has 4 rings (SSSR count). The number of nitrogens with one attached hydrogen (secondary N) is 2. The van der Waals surface area contributed by atoms with Crippen molar-refractivity contribution in [1.29, 1.82) is 0 Å². The summed E-state index contributed by atoms with van der Waals surface area (Å²) in [6.07, 6.45) is 0.529. The van der Waals surface area contributed by atoms with Crippen LogP contribution < -0.4 is 15.4 Å². The van der Waals surface area contributed by atoms with E-state index in [1.54, 1.807) is 7.11 Å². The maximum absolute atomic E-state index is 12.7. The van der Waals surface area contributed by atoms with E-state index in [1.165, 1.54) is 0 Å². The van der Waals surface area contributed by atoms with E-state index in [2.05, 4.69) is 16.7 Å². The number of nitrogens with zero attached hydrogens (tertiary/aromatic N) is 1. The monoisotopic (exact) mass is 377 g/mol. The molecule has 1 aliphatic heterocycles. The van der Waals surface area contributed by atoms with Crippen molar-refractivity contribution in [2.45, 2.75) is 19.3 Å². The number of rotatable bonds is 5. The normalized spacial score (nSPS) is 15.4. The summed E-state index contributed by atoms with van der Waals surface area (Å²) in [7, 11) is 3.49. The Kier molecular flexibility index (Phi) is 4.55. The number of hydrogen-bond acceptors (Lipinski definition) is 3. The van der Waals surface area contributed by atoms with Crippen LogP contribution in [0.4, 0.5) is 5.69 Å². The van der Waals surface area contributed by atoms with Crippen molar-refractivity contribution in [3.63, 3.8) is 0 Å². The summed E-state index contributed by atoms with van der Waals surface area (Å²) in [6.45, 7) is 2.44. The molecule has 1 aromatic heterocycles. The third kappa shape index (κ3) is 3.11. The largest absolute Gasteiger partial charge is 0.497 e. The van der Waals surface area contributed by atoms with Gasteiger partial charge >= 0.3 is 0 Å². The molecule has 144 valence electrons. The Labute approximate surface area is 163 Å². The van der Waals surface area contributed by atoms with Gasteiger partial charge in [0, 0.05) is 30.2 Å². The van der Waals surface area contributed by atoms with Gasteiger partial charge in [-0.15, -0.1) is 0 Å². The molecule has 0 saturated carbocycles. The van der Waals surface area contributed by atoms with Gasteiger partial charge < -0.3 is 19.9 Å². The fraction of sp³-hybridized carbons (Fsp3) is 0.273. The van der Waals surface area contributed by atoms with Gasteiger partial charge in [-0.05, 0) is 55.3 Å². The van der Waals surface area contributed by atoms with E-state index in [4.69, 9.17) is 4.74 Å². The second-order valence-corrected chi connectivity index (χ2v) is 7.19. The molecule has 2 heterocycles. The number of anilines is 1. The highest BCUT2D eigenvalue weighted by molar-refractivity contribution is 6.03. The Morgan fingerprint density at radius 3 is 2.82 bits per heavy atom. The van der Waals surface area contributed by atoms with Crippen LogP contribution in [0.5, 0.6) is 5.75 Å². The first-order valence-corrected chi connectivity index (χ1v) is 9.31. The van der Waals surface area contributed by atoms with Gasteiger partial charge in [-0.1, -0.05) is 11.6 Å². The van der Waals surface area contributed by atoms with E-state index in [0.717, 1.165) is 33.5 Å². The van der Waals surface area contributed by atoms with Gasteiger partial charge in [-0.25, -0.2) is 0 Å². The quantitative estimate of drug-likeness (QED) is 0.716. The molecule has 0 aliphatic carbocycles. The van der Waals surface area contributed by atoms with Gasteiger partial charge in [0.15, 0.2) is 0 Å². The molecule has 2 amide bonds. The average Bonchev–Trinajstić information content (AvgIpc) is 3.17. The average molecular weight is 377 g/mol. The molecular formula is C22H23N3O3. The Bertz CT molecular complexity index is 1080. The third-order valence-corrected chi connectivity index (χ3v) is 5.36. The minimum absolute atomic E-state index is 0.0439. The van der Waals surface area contributed by atoms with Crippen LogP contribution in [0, 0.1) is 6.92 Å². The highest BCUT2D eigenvalue weighted by Crippen LogP contribution is 2.36. The van der Waals surface area contributed by atoms with E-state index in [9.17, 15) is 9.59 Å². The third-order valence-electron chi connectivity index (χ3n) is 5.36. The van der Waals surface area contributed by atoms with Crippen LogP contribution in [-0.4, -0.2) is 30.0 Å². The van der Waals surface area contributed by atoms with Crippen LogP contribution in [0.3, 0.4) is 0 Å². The molecule has 6 nitrogen and oxygen atoms in total. The Morgan fingerprint density at radius 2 is 2.04 bits per heavy atom. The van der Waals surface area contributed by atoms with E-state index in [-0.39, 0.29) is 17.7 Å². The molecule has 0 saturated heterocycles. The number of aryl methyl sites for hydroxylation is 2. The minimum atomic E-state index is -0.291. The number of methoxy groups -OCH3 is 1. The number of carbonyl (C=O) groups excluding carboxylic acids is 2. The second kappa shape index (κ2) is 7.03. The summed E-state index contributed by atoms with van der Waals surface area (Å²) in [5.41, 5.74) is 4.52. The fourth-order valence-corrected chi connectivity index (χ4v) is 3.82. The van der Waals surface area contributed by atoms with Gasteiger partial charge in [0.05, 0.1) is 13.0 Å². The van der Waals surface area contributed by atoms with E-state index >= 15 is 0 Å². The van der Waals surface area contributed by atoms with Crippen molar-refractivity contribution >= 4 is 28.4 Å². The number of ether oxygens (including phenoxy) is 1. The Balaban J connectivity index is 1.45. The minimum Gasteiger partial charge on any atom is -0.497 e. The van der Waals surface area contributed by atoms with Gasteiger partial charge in [-0.2, -0.15) is 0 Å². The van der Waals surface area contributed by atoms with Crippen LogP contribution in [-0.2, 0) is 11.8 Å². The molecule has 0 spiro atoms. The fourth-order valence-electron chi connectivity index (χ4n) is 3.82. The molecule has 2 aromatic carbocycles. The summed E-state index contributed by atoms with van der Waals surface area (Å²) in [5, 5.41) is 6.89. The number of hydrogen-bond donors (Lipinski definition) is 2. The molecule has 2 N–H and O–H groups in total. The van der Waals surface area contributed by atoms with E-state index < -0.39 is 0 Å². The standard InChI is InChI=1S/C22H23N3O3/c1-13-4-7-19-14(10-13)11-20(25(19)2)22(27)23-9-8-16-17-12-15(28-3)5-6-18(17)24-21(16)26/h4-7,10-12,16H,8-9H2,1-3H3,(H,23,27)(H,24,26). The van der Waals surface area contributed by atoms with Crippen molar-refractivity contribution in [2.24, 2.45) is 7.05 Å². The van der Waals surface area contributed by atoms with Crippen molar-refractivity contribution < 1.29 is 14.3 Å². The van der Waals surface area contributed by atoms with Crippen LogP contribution in [0.1, 0.15) is 34.0 Å². The Morgan fingerprint density at radius 1 is 1.21 bits per heavy atom. The number of fused-ring (bicyclic) bond motifs is 2. The van der Waals surface area contributed by atoms with Crippen LogP contribution >= 0.6 is 0 Å². The molecule has 0 bridgehead atoms. The number of carbonyl (C=O) groups is 2. The van der Waals surface area contributed by atoms with Crippen molar-refractivity contribution in [1.82, 2.24) is 9.88 Å². The van der Waals surface area contributed by atoms with Crippen molar-refractivity contribution in [3.8, 4) is 5.75 Å².